The number of hydrogen-bond donors (Lipinski definition) is 2. The molecule has 4 aromatic rings. The summed E-state index contributed by atoms with van der Waals surface area (Å²) >= 11 is 12.0. The van der Waals surface area contributed by atoms with Crippen LogP contribution < -0.4 is 20.2 Å². The Morgan fingerprint density at radius 2 is 1.73 bits per heavy atom. The maximum atomic E-state index is 13.0. The van der Waals surface area contributed by atoms with Crippen LogP contribution in [0.25, 0.3) is 22.3 Å². The summed E-state index contributed by atoms with van der Waals surface area (Å²) in [6, 6.07) is 12.6. The number of rotatable bonds is 3. The lowest BCUT2D eigenvalue weighted by Crippen LogP contribution is -2.13. The first-order chi connectivity index (χ1) is 15.8. The molecule has 1 amide bonds. The molecule has 1 aliphatic rings. The van der Waals surface area contributed by atoms with E-state index < -0.39 is 17.1 Å². The zero-order valence-electron chi connectivity index (χ0n) is 17.1. The second-order valence-electron chi connectivity index (χ2n) is 7.48. The minimum atomic E-state index is -0.631. The highest BCUT2D eigenvalue weighted by atomic mass is 35.5. The van der Waals surface area contributed by atoms with Gasteiger partial charge in [-0.1, -0.05) is 23.2 Å². The van der Waals surface area contributed by atoms with Crippen LogP contribution in [0.2, 0.25) is 10.0 Å². The lowest BCUT2D eigenvalue weighted by Gasteiger charge is -2.12. The van der Waals surface area contributed by atoms with E-state index in [1.54, 1.807) is 37.3 Å². The maximum absolute atomic E-state index is 13.0. The van der Waals surface area contributed by atoms with Crippen molar-refractivity contribution in [2.24, 2.45) is 0 Å². The van der Waals surface area contributed by atoms with Crippen LogP contribution in [-0.2, 0) is 0 Å². The smallest absolute Gasteiger partial charge is 0.255 e. The van der Waals surface area contributed by atoms with Crippen molar-refractivity contribution in [1.82, 2.24) is 0 Å². The lowest BCUT2D eigenvalue weighted by molar-refractivity contribution is 0.102. The summed E-state index contributed by atoms with van der Waals surface area (Å²) in [4.78, 5) is 25.9. The average Bonchev–Trinajstić information content (AvgIpc) is 3.24. The Morgan fingerprint density at radius 1 is 1.00 bits per heavy atom. The number of amides is 1. The van der Waals surface area contributed by atoms with Gasteiger partial charge in [-0.2, -0.15) is 0 Å². The van der Waals surface area contributed by atoms with Gasteiger partial charge >= 0.3 is 0 Å². The molecule has 1 aliphatic heterocycles. The largest absolute Gasteiger partial charge is 0.502 e. The van der Waals surface area contributed by atoms with E-state index in [1.165, 1.54) is 18.2 Å². The summed E-state index contributed by atoms with van der Waals surface area (Å²) in [6.45, 7) is 1.84. The van der Waals surface area contributed by atoms with Gasteiger partial charge in [-0.25, -0.2) is 0 Å². The van der Waals surface area contributed by atoms with Crippen LogP contribution in [0.4, 0.5) is 5.69 Å². The van der Waals surface area contributed by atoms with Crippen LogP contribution >= 0.6 is 23.2 Å². The Hall–Kier alpha value is -3.68. The van der Waals surface area contributed by atoms with Gasteiger partial charge in [0.2, 0.25) is 18.0 Å². The van der Waals surface area contributed by atoms with Crippen LogP contribution in [0, 0.1) is 6.92 Å². The molecule has 0 unspecified atom stereocenters. The Balaban J connectivity index is 1.65. The van der Waals surface area contributed by atoms with Crippen LogP contribution in [0.15, 0.2) is 57.7 Å². The first kappa shape index (κ1) is 21.2. The maximum Gasteiger partial charge on any atom is 0.255 e. The summed E-state index contributed by atoms with van der Waals surface area (Å²) < 4.78 is 16.7. The fraction of sp³-hybridized carbons (Fsp3) is 0.0833. The molecule has 166 valence electrons. The third kappa shape index (κ3) is 3.86. The molecule has 7 nitrogen and oxygen atoms in total. The van der Waals surface area contributed by atoms with Crippen molar-refractivity contribution in [2.45, 2.75) is 6.92 Å². The van der Waals surface area contributed by atoms with Gasteiger partial charge in [-0.05, 0) is 61.0 Å². The van der Waals surface area contributed by atoms with Gasteiger partial charge in [-0.15, -0.1) is 0 Å². The second kappa shape index (κ2) is 8.03. The van der Waals surface area contributed by atoms with E-state index in [-0.39, 0.29) is 34.8 Å². The fourth-order valence-corrected chi connectivity index (χ4v) is 4.16. The summed E-state index contributed by atoms with van der Waals surface area (Å²) in [5.74, 6) is -0.0940. The number of nitrogens with one attached hydrogen (secondary N) is 1. The molecule has 2 heterocycles. The Labute approximate surface area is 197 Å². The van der Waals surface area contributed by atoms with Gasteiger partial charge in [0.05, 0.1) is 11.1 Å². The molecule has 3 aromatic carbocycles. The van der Waals surface area contributed by atoms with Gasteiger partial charge < -0.3 is 24.3 Å². The Kier molecular flexibility index (Phi) is 5.15. The first-order valence-corrected chi connectivity index (χ1v) is 10.5. The van der Waals surface area contributed by atoms with Gasteiger partial charge in [0.15, 0.2) is 22.8 Å². The second-order valence-corrected chi connectivity index (χ2v) is 8.35. The summed E-state index contributed by atoms with van der Waals surface area (Å²) in [7, 11) is 0. The van der Waals surface area contributed by atoms with E-state index >= 15 is 0 Å². The van der Waals surface area contributed by atoms with Crippen LogP contribution in [0.3, 0.4) is 0 Å². The van der Waals surface area contributed by atoms with Crippen LogP contribution in [-0.4, -0.2) is 17.8 Å². The van der Waals surface area contributed by atoms with E-state index in [9.17, 15) is 14.7 Å². The van der Waals surface area contributed by atoms with Gasteiger partial charge in [0.1, 0.15) is 0 Å². The minimum absolute atomic E-state index is 0.0593. The molecule has 0 saturated heterocycles. The molecule has 0 spiro atoms. The third-order valence-corrected chi connectivity index (χ3v) is 5.56. The molecule has 0 bridgehead atoms. The van der Waals surface area contributed by atoms with Crippen molar-refractivity contribution in [3.8, 4) is 28.6 Å². The normalized spacial score (nSPS) is 12.2. The number of halogens is 2. The summed E-state index contributed by atoms with van der Waals surface area (Å²) in [5.41, 5.74) is 1.07. The number of carbonyl (C=O) groups excluding carboxylic acids is 1. The highest BCUT2D eigenvalue weighted by Gasteiger charge is 2.22. The number of fused-ring (bicyclic) bond motifs is 2. The van der Waals surface area contributed by atoms with Crippen LogP contribution in [0.5, 0.6) is 17.2 Å². The number of hydrogen-bond acceptors (Lipinski definition) is 6. The Morgan fingerprint density at radius 3 is 2.48 bits per heavy atom. The molecule has 5 rings (SSSR count). The van der Waals surface area contributed by atoms with Crippen molar-refractivity contribution in [3.05, 3.63) is 79.9 Å². The lowest BCUT2D eigenvalue weighted by atomic mass is 10.1. The highest BCUT2D eigenvalue weighted by molar-refractivity contribution is 6.35. The van der Waals surface area contributed by atoms with E-state index in [0.717, 1.165) is 0 Å². The predicted molar refractivity (Wildman–Crippen MR) is 125 cm³/mol. The number of carbonyl (C=O) groups is 1. The summed E-state index contributed by atoms with van der Waals surface area (Å²) in [6.07, 6.45) is 0. The SMILES string of the molecule is Cc1cc(NC(=O)c2cc(Cl)cc(Cl)c2)c2oc(-c3ccc4c(c3)OCO4)c(O)c(=O)c2c1. The predicted octanol–water partition coefficient (Wildman–Crippen LogP) is 5.76. The molecular weight excluding hydrogens is 469 g/mol. The monoisotopic (exact) mass is 483 g/mol. The fourth-order valence-electron chi connectivity index (χ4n) is 3.64. The summed E-state index contributed by atoms with van der Waals surface area (Å²) in [5, 5.41) is 14.1. The first-order valence-electron chi connectivity index (χ1n) is 9.78. The number of benzene rings is 3. The molecule has 0 fully saturated rings. The topological polar surface area (TPSA) is 98.0 Å². The van der Waals surface area contributed by atoms with E-state index in [0.29, 0.717) is 32.7 Å². The van der Waals surface area contributed by atoms with Crippen molar-refractivity contribution < 1.29 is 23.8 Å². The van der Waals surface area contributed by atoms with E-state index in [2.05, 4.69) is 5.32 Å². The molecule has 1 aromatic heterocycles. The quantitative estimate of drug-likeness (QED) is 0.384. The highest BCUT2D eigenvalue weighted by Crippen LogP contribution is 2.39. The standard InChI is InChI=1S/C24H15Cl2NO6/c1-11-4-16-20(28)21(29)22(12-2-3-18-19(8-12)32-10-31-18)33-23(16)17(5-11)27-24(30)13-6-14(25)9-15(26)7-13/h2-9,29H,10H2,1H3,(H,27,30). The molecule has 2 N–H and O–H groups in total. The zero-order valence-corrected chi connectivity index (χ0v) is 18.6. The van der Waals surface area contributed by atoms with Gasteiger partial charge in [-0.3, -0.25) is 9.59 Å². The molecule has 0 saturated carbocycles. The van der Waals surface area contributed by atoms with Crippen molar-refractivity contribution >= 4 is 45.8 Å². The number of aryl methyl sites for hydroxylation is 1. The molecule has 0 atom stereocenters. The molecular formula is C24H15Cl2NO6. The zero-order chi connectivity index (χ0) is 23.3. The number of aromatic hydroxyl groups is 1. The third-order valence-electron chi connectivity index (χ3n) is 5.12. The molecule has 0 aliphatic carbocycles. The van der Waals surface area contributed by atoms with Crippen LogP contribution in [0.1, 0.15) is 15.9 Å². The number of anilines is 1. The molecule has 0 radical (unpaired) electrons. The van der Waals surface area contributed by atoms with Gasteiger partial charge in [0, 0.05) is 21.2 Å². The van der Waals surface area contributed by atoms with Crippen molar-refractivity contribution in [1.29, 1.82) is 0 Å². The van der Waals surface area contributed by atoms with E-state index in [4.69, 9.17) is 37.1 Å². The number of ether oxygens (including phenoxy) is 2. The Bertz CT molecular complexity index is 1490. The van der Waals surface area contributed by atoms with Crippen molar-refractivity contribution in [3.63, 3.8) is 0 Å². The van der Waals surface area contributed by atoms with Crippen molar-refractivity contribution in [2.75, 3.05) is 12.1 Å². The van der Waals surface area contributed by atoms with Gasteiger partial charge in [0.25, 0.3) is 5.91 Å². The minimum Gasteiger partial charge on any atom is -0.502 e. The average molecular weight is 484 g/mol. The molecule has 9 heteroatoms. The molecule has 33 heavy (non-hydrogen) atoms. The van der Waals surface area contributed by atoms with E-state index in [1.807, 2.05) is 0 Å².